The van der Waals surface area contributed by atoms with Crippen LogP contribution in [0.1, 0.15) is 0 Å². The summed E-state index contributed by atoms with van der Waals surface area (Å²) in [6.45, 7) is 0. The SMILES string of the molecule is Nc1ccc2c(ccn2-c2ccccc2)c1. The van der Waals surface area contributed by atoms with Crippen LogP contribution < -0.4 is 5.73 Å². The van der Waals surface area contributed by atoms with Gasteiger partial charge < -0.3 is 10.3 Å². The molecule has 0 atom stereocenters. The number of nitrogen functional groups attached to an aromatic ring is 1. The molecule has 0 aliphatic heterocycles. The Morgan fingerprint density at radius 2 is 1.69 bits per heavy atom. The van der Waals surface area contributed by atoms with E-state index in [1.807, 2.05) is 30.3 Å². The van der Waals surface area contributed by atoms with Gasteiger partial charge in [0.05, 0.1) is 5.52 Å². The van der Waals surface area contributed by atoms with E-state index in [9.17, 15) is 0 Å². The highest BCUT2D eigenvalue weighted by Gasteiger charge is 2.02. The molecule has 2 aromatic carbocycles. The fourth-order valence-electron chi connectivity index (χ4n) is 1.97. The first-order valence-corrected chi connectivity index (χ1v) is 5.26. The highest BCUT2D eigenvalue weighted by Crippen LogP contribution is 2.22. The maximum absolute atomic E-state index is 5.76. The number of nitrogens with two attached hydrogens (primary N) is 1. The average molecular weight is 208 g/mol. The van der Waals surface area contributed by atoms with Gasteiger partial charge in [0.1, 0.15) is 0 Å². The topological polar surface area (TPSA) is 30.9 Å². The Labute approximate surface area is 93.9 Å². The summed E-state index contributed by atoms with van der Waals surface area (Å²) >= 11 is 0. The van der Waals surface area contributed by atoms with Crippen LogP contribution in [-0.2, 0) is 0 Å². The molecule has 0 aliphatic carbocycles. The first-order chi connectivity index (χ1) is 7.84. The third-order valence-corrected chi connectivity index (χ3v) is 2.75. The lowest BCUT2D eigenvalue weighted by Gasteiger charge is -2.04. The smallest absolute Gasteiger partial charge is 0.0529 e. The van der Waals surface area contributed by atoms with E-state index in [-0.39, 0.29) is 0 Å². The minimum absolute atomic E-state index is 0.804. The van der Waals surface area contributed by atoms with Crippen molar-refractivity contribution < 1.29 is 0 Å². The van der Waals surface area contributed by atoms with Crippen molar-refractivity contribution in [2.45, 2.75) is 0 Å². The predicted molar refractivity (Wildman–Crippen MR) is 67.7 cm³/mol. The van der Waals surface area contributed by atoms with Crippen molar-refractivity contribution in [3.8, 4) is 5.69 Å². The Bertz CT molecular complexity index is 624. The van der Waals surface area contributed by atoms with Crippen molar-refractivity contribution in [3.63, 3.8) is 0 Å². The number of rotatable bonds is 1. The number of nitrogens with zero attached hydrogens (tertiary/aromatic N) is 1. The van der Waals surface area contributed by atoms with Gasteiger partial charge in [-0.05, 0) is 36.4 Å². The molecule has 0 bridgehead atoms. The zero-order chi connectivity index (χ0) is 11.0. The van der Waals surface area contributed by atoms with Crippen LogP contribution in [-0.4, -0.2) is 4.57 Å². The quantitative estimate of drug-likeness (QED) is 0.611. The monoisotopic (exact) mass is 208 g/mol. The molecule has 2 N–H and O–H groups in total. The lowest BCUT2D eigenvalue weighted by atomic mass is 10.2. The molecule has 0 spiro atoms. The summed E-state index contributed by atoms with van der Waals surface area (Å²) in [5.74, 6) is 0. The minimum atomic E-state index is 0.804. The molecule has 0 saturated carbocycles. The van der Waals surface area contributed by atoms with Crippen LogP contribution in [0.3, 0.4) is 0 Å². The number of para-hydroxylation sites is 1. The molecular formula is C14H12N2. The van der Waals surface area contributed by atoms with Gasteiger partial charge in [0.25, 0.3) is 0 Å². The van der Waals surface area contributed by atoms with Gasteiger partial charge in [-0.3, -0.25) is 0 Å². The average Bonchev–Trinajstić information content (AvgIpc) is 2.73. The highest BCUT2D eigenvalue weighted by molar-refractivity contribution is 5.84. The Balaban J connectivity index is 2.26. The van der Waals surface area contributed by atoms with Gasteiger partial charge in [0, 0.05) is 23.0 Å². The van der Waals surface area contributed by atoms with E-state index in [0.717, 1.165) is 5.69 Å². The molecule has 0 saturated heterocycles. The first-order valence-electron chi connectivity index (χ1n) is 5.26. The van der Waals surface area contributed by atoms with Gasteiger partial charge in [-0.1, -0.05) is 18.2 Å². The first kappa shape index (κ1) is 9.04. The Kier molecular flexibility index (Phi) is 1.93. The number of aromatic nitrogens is 1. The summed E-state index contributed by atoms with van der Waals surface area (Å²) in [6.07, 6.45) is 2.07. The molecule has 2 heteroatoms. The maximum Gasteiger partial charge on any atom is 0.0529 e. The zero-order valence-electron chi connectivity index (χ0n) is 8.80. The lowest BCUT2D eigenvalue weighted by Crippen LogP contribution is -1.91. The minimum Gasteiger partial charge on any atom is -0.399 e. The summed E-state index contributed by atoms with van der Waals surface area (Å²) in [7, 11) is 0. The maximum atomic E-state index is 5.76. The van der Waals surface area contributed by atoms with Crippen molar-refractivity contribution in [3.05, 3.63) is 60.8 Å². The van der Waals surface area contributed by atoms with E-state index in [2.05, 4.69) is 35.0 Å². The molecular weight excluding hydrogens is 196 g/mol. The second-order valence-electron chi connectivity index (χ2n) is 3.84. The van der Waals surface area contributed by atoms with Gasteiger partial charge in [-0.15, -0.1) is 0 Å². The van der Waals surface area contributed by atoms with Gasteiger partial charge in [-0.2, -0.15) is 0 Å². The third-order valence-electron chi connectivity index (χ3n) is 2.75. The van der Waals surface area contributed by atoms with E-state index in [0.29, 0.717) is 0 Å². The summed E-state index contributed by atoms with van der Waals surface area (Å²) in [4.78, 5) is 0. The van der Waals surface area contributed by atoms with Crippen LogP contribution in [0.5, 0.6) is 0 Å². The van der Waals surface area contributed by atoms with E-state index < -0.39 is 0 Å². The number of anilines is 1. The van der Waals surface area contributed by atoms with E-state index >= 15 is 0 Å². The molecule has 0 amide bonds. The largest absolute Gasteiger partial charge is 0.399 e. The Morgan fingerprint density at radius 1 is 0.875 bits per heavy atom. The second kappa shape index (κ2) is 3.42. The van der Waals surface area contributed by atoms with Crippen molar-refractivity contribution >= 4 is 16.6 Å². The van der Waals surface area contributed by atoms with Gasteiger partial charge >= 0.3 is 0 Å². The molecule has 16 heavy (non-hydrogen) atoms. The molecule has 1 aromatic heterocycles. The Hall–Kier alpha value is -2.22. The highest BCUT2D eigenvalue weighted by atomic mass is 15.0. The number of hydrogen-bond acceptors (Lipinski definition) is 1. The zero-order valence-corrected chi connectivity index (χ0v) is 8.80. The number of benzene rings is 2. The Morgan fingerprint density at radius 3 is 2.50 bits per heavy atom. The van der Waals surface area contributed by atoms with Gasteiger partial charge in [-0.25, -0.2) is 0 Å². The molecule has 1 heterocycles. The third kappa shape index (κ3) is 1.36. The summed E-state index contributed by atoms with van der Waals surface area (Å²) in [5.41, 5.74) is 8.92. The van der Waals surface area contributed by atoms with Crippen LogP contribution in [0.4, 0.5) is 5.69 Å². The molecule has 78 valence electrons. The molecule has 0 unspecified atom stereocenters. The van der Waals surface area contributed by atoms with Crippen LogP contribution in [0.2, 0.25) is 0 Å². The molecule has 0 aliphatic rings. The normalized spacial score (nSPS) is 10.8. The summed E-state index contributed by atoms with van der Waals surface area (Å²) in [6, 6.07) is 18.3. The van der Waals surface area contributed by atoms with Gasteiger partial charge in [0.2, 0.25) is 0 Å². The van der Waals surface area contributed by atoms with Gasteiger partial charge in [0.15, 0.2) is 0 Å². The predicted octanol–water partition coefficient (Wildman–Crippen LogP) is 3.21. The fraction of sp³-hybridized carbons (Fsp3) is 0. The van der Waals surface area contributed by atoms with E-state index in [4.69, 9.17) is 5.73 Å². The van der Waals surface area contributed by atoms with Crippen molar-refractivity contribution in [1.29, 1.82) is 0 Å². The lowest BCUT2D eigenvalue weighted by molar-refractivity contribution is 1.13. The van der Waals surface area contributed by atoms with Crippen molar-refractivity contribution in [2.75, 3.05) is 5.73 Å². The molecule has 0 fully saturated rings. The van der Waals surface area contributed by atoms with Crippen LogP contribution in [0.25, 0.3) is 16.6 Å². The van der Waals surface area contributed by atoms with E-state index in [1.54, 1.807) is 0 Å². The number of hydrogen-bond donors (Lipinski definition) is 1. The van der Waals surface area contributed by atoms with E-state index in [1.165, 1.54) is 16.6 Å². The summed E-state index contributed by atoms with van der Waals surface area (Å²) < 4.78 is 2.16. The van der Waals surface area contributed by atoms with Crippen LogP contribution >= 0.6 is 0 Å². The standard InChI is InChI=1S/C14H12N2/c15-12-6-7-14-11(10-12)8-9-16(14)13-4-2-1-3-5-13/h1-10H,15H2. The molecule has 2 nitrogen and oxygen atoms in total. The van der Waals surface area contributed by atoms with Crippen molar-refractivity contribution in [2.24, 2.45) is 0 Å². The van der Waals surface area contributed by atoms with Crippen molar-refractivity contribution in [1.82, 2.24) is 4.57 Å². The molecule has 3 rings (SSSR count). The number of fused-ring (bicyclic) bond motifs is 1. The summed E-state index contributed by atoms with van der Waals surface area (Å²) in [5, 5.41) is 1.17. The fourth-order valence-corrected chi connectivity index (χ4v) is 1.97. The molecule has 3 aromatic rings. The van der Waals surface area contributed by atoms with Crippen LogP contribution in [0.15, 0.2) is 60.8 Å². The molecule has 0 radical (unpaired) electrons. The second-order valence-corrected chi connectivity index (χ2v) is 3.84. The van der Waals surface area contributed by atoms with Crippen LogP contribution in [0, 0.1) is 0 Å².